The van der Waals surface area contributed by atoms with Crippen molar-refractivity contribution in [3.05, 3.63) is 146 Å². The Labute approximate surface area is 487 Å². The second kappa shape index (κ2) is 65.8. The Bertz CT molecular complexity index is 1730. The fourth-order valence-corrected chi connectivity index (χ4v) is 8.59. The molecule has 0 spiro atoms. The van der Waals surface area contributed by atoms with E-state index < -0.39 is 6.10 Å². The van der Waals surface area contributed by atoms with E-state index in [1.54, 1.807) is 0 Å². The summed E-state index contributed by atoms with van der Waals surface area (Å²) in [6.07, 6.45) is 94.2. The second-order valence-corrected chi connectivity index (χ2v) is 20.9. The number of esters is 3. The van der Waals surface area contributed by atoms with Gasteiger partial charge < -0.3 is 14.2 Å². The lowest BCUT2D eigenvalue weighted by atomic mass is 10.1. The van der Waals surface area contributed by atoms with Crippen LogP contribution < -0.4 is 0 Å². The third-order valence-corrected chi connectivity index (χ3v) is 13.3. The number of ether oxygens (including phenoxy) is 3. The van der Waals surface area contributed by atoms with Crippen molar-refractivity contribution in [1.82, 2.24) is 0 Å². The summed E-state index contributed by atoms with van der Waals surface area (Å²) in [6.45, 7) is 6.28. The molecule has 0 aromatic rings. The molecule has 0 rings (SSSR count). The molecular formula is C73H118O6. The van der Waals surface area contributed by atoms with Gasteiger partial charge in [-0.05, 0) is 135 Å². The van der Waals surface area contributed by atoms with Crippen molar-refractivity contribution in [2.75, 3.05) is 13.2 Å². The first-order valence-corrected chi connectivity index (χ1v) is 32.3. The normalized spacial score (nSPS) is 13.1. The molecule has 0 aliphatic heterocycles. The van der Waals surface area contributed by atoms with Crippen LogP contribution in [-0.4, -0.2) is 37.2 Å². The minimum absolute atomic E-state index is 0.0964. The number of rotatable bonds is 57. The van der Waals surface area contributed by atoms with Gasteiger partial charge in [-0.25, -0.2) is 0 Å². The van der Waals surface area contributed by atoms with Gasteiger partial charge in [-0.2, -0.15) is 0 Å². The van der Waals surface area contributed by atoms with E-state index in [-0.39, 0.29) is 31.1 Å². The minimum atomic E-state index is -0.803. The van der Waals surface area contributed by atoms with Gasteiger partial charge in [0.15, 0.2) is 6.10 Å². The van der Waals surface area contributed by atoms with Gasteiger partial charge in [0.05, 0.1) is 0 Å². The molecule has 6 nitrogen and oxygen atoms in total. The first kappa shape index (κ1) is 74.3. The molecule has 0 N–H and O–H groups in total. The predicted octanol–water partition coefficient (Wildman–Crippen LogP) is 22.3. The van der Waals surface area contributed by atoms with Gasteiger partial charge in [-0.1, -0.05) is 269 Å². The summed E-state index contributed by atoms with van der Waals surface area (Å²) in [6, 6.07) is 0. The van der Waals surface area contributed by atoms with Crippen molar-refractivity contribution in [2.24, 2.45) is 0 Å². The first-order valence-electron chi connectivity index (χ1n) is 32.3. The number of carbonyl (C=O) groups is 3. The van der Waals surface area contributed by atoms with Gasteiger partial charge in [0.25, 0.3) is 0 Å². The molecule has 0 heterocycles. The quantitative estimate of drug-likeness (QED) is 0.0261. The molecule has 1 atom stereocenters. The summed E-state index contributed by atoms with van der Waals surface area (Å²) in [7, 11) is 0. The average molecular weight is 1090 g/mol. The maximum atomic E-state index is 12.9. The van der Waals surface area contributed by atoms with Gasteiger partial charge in [0, 0.05) is 19.3 Å². The molecule has 0 amide bonds. The fourth-order valence-electron chi connectivity index (χ4n) is 8.59. The highest BCUT2D eigenvalue weighted by Crippen LogP contribution is 2.15. The Kier molecular flexibility index (Phi) is 61.9. The lowest BCUT2D eigenvalue weighted by Gasteiger charge is -2.18. The van der Waals surface area contributed by atoms with Crippen LogP contribution in [0, 0.1) is 0 Å². The lowest BCUT2D eigenvalue weighted by molar-refractivity contribution is -0.167. The molecule has 0 saturated carbocycles. The van der Waals surface area contributed by atoms with E-state index in [0.29, 0.717) is 19.3 Å². The smallest absolute Gasteiger partial charge is 0.306 e. The third kappa shape index (κ3) is 64.0. The standard InChI is InChI=1S/C73H118O6/c1-4-7-10-13-16-19-22-25-28-31-33-35-36-38-39-42-45-48-51-54-57-60-63-66-72(75)78-69-70(68-77-71(74)65-62-59-56-53-50-47-44-41-30-27-24-21-18-15-12-9-6-3)79-73(76)67-64-61-58-55-52-49-46-43-40-37-34-32-29-26-23-20-17-14-11-8-5-2/h7-12,16-21,25-30,33-35,37,44,47,70H,4-6,13-15,22-24,31-32,36,38-43,45-46,48-69H2,1-3H3/b10-7-,11-8-,12-9-,19-16-,20-17-,21-18-,28-25-,29-26-,30-27-,35-33-,37-34-,47-44-. The summed E-state index contributed by atoms with van der Waals surface area (Å²) in [5.74, 6) is -0.931. The van der Waals surface area contributed by atoms with Crippen molar-refractivity contribution in [3.63, 3.8) is 0 Å². The van der Waals surface area contributed by atoms with E-state index in [0.717, 1.165) is 154 Å². The van der Waals surface area contributed by atoms with E-state index >= 15 is 0 Å². The molecule has 446 valence electrons. The number of carbonyl (C=O) groups excluding carboxylic acids is 3. The van der Waals surface area contributed by atoms with Gasteiger partial charge in [-0.3, -0.25) is 14.4 Å². The fraction of sp³-hybridized carbons (Fsp3) is 0.630. The summed E-state index contributed by atoms with van der Waals surface area (Å²) < 4.78 is 16.9. The molecule has 0 fully saturated rings. The topological polar surface area (TPSA) is 78.9 Å². The molecular weight excluding hydrogens is 973 g/mol. The second-order valence-electron chi connectivity index (χ2n) is 20.9. The van der Waals surface area contributed by atoms with Gasteiger partial charge in [0.2, 0.25) is 0 Å². The summed E-state index contributed by atoms with van der Waals surface area (Å²) >= 11 is 0. The summed E-state index contributed by atoms with van der Waals surface area (Å²) in [4.78, 5) is 38.4. The van der Waals surface area contributed by atoms with Crippen LogP contribution in [0.2, 0.25) is 0 Å². The predicted molar refractivity (Wildman–Crippen MR) is 343 cm³/mol. The zero-order chi connectivity index (χ0) is 57.1. The van der Waals surface area contributed by atoms with Gasteiger partial charge in [-0.15, -0.1) is 0 Å². The van der Waals surface area contributed by atoms with Gasteiger partial charge in [0.1, 0.15) is 13.2 Å². The molecule has 0 aromatic carbocycles. The summed E-state index contributed by atoms with van der Waals surface area (Å²) in [5, 5.41) is 0. The Hall–Kier alpha value is -4.71. The Morgan fingerprint density at radius 3 is 0.709 bits per heavy atom. The third-order valence-electron chi connectivity index (χ3n) is 13.3. The minimum Gasteiger partial charge on any atom is -0.462 e. The van der Waals surface area contributed by atoms with Crippen LogP contribution in [0.5, 0.6) is 0 Å². The summed E-state index contributed by atoms with van der Waals surface area (Å²) in [5.41, 5.74) is 0. The Balaban J connectivity index is 4.45. The van der Waals surface area contributed by atoms with Crippen LogP contribution in [0.25, 0.3) is 0 Å². The van der Waals surface area contributed by atoms with E-state index in [1.165, 1.54) is 83.5 Å². The zero-order valence-electron chi connectivity index (χ0n) is 51.1. The van der Waals surface area contributed by atoms with Crippen molar-refractivity contribution < 1.29 is 28.6 Å². The zero-order valence-corrected chi connectivity index (χ0v) is 51.1. The van der Waals surface area contributed by atoms with Crippen LogP contribution in [0.4, 0.5) is 0 Å². The molecule has 0 aromatic heterocycles. The number of allylic oxidation sites excluding steroid dienone is 24. The molecule has 6 heteroatoms. The highest BCUT2D eigenvalue weighted by atomic mass is 16.6. The Morgan fingerprint density at radius 1 is 0.253 bits per heavy atom. The largest absolute Gasteiger partial charge is 0.462 e. The van der Waals surface area contributed by atoms with E-state index in [9.17, 15) is 14.4 Å². The van der Waals surface area contributed by atoms with Crippen LogP contribution in [-0.2, 0) is 28.6 Å². The van der Waals surface area contributed by atoms with Gasteiger partial charge >= 0.3 is 17.9 Å². The molecule has 0 aliphatic rings. The highest BCUT2D eigenvalue weighted by Gasteiger charge is 2.19. The molecule has 79 heavy (non-hydrogen) atoms. The average Bonchev–Trinajstić information content (AvgIpc) is 3.45. The molecule has 1 unspecified atom stereocenters. The monoisotopic (exact) mass is 1090 g/mol. The highest BCUT2D eigenvalue weighted by molar-refractivity contribution is 5.71. The molecule has 0 aliphatic carbocycles. The van der Waals surface area contributed by atoms with E-state index in [1.807, 2.05) is 0 Å². The number of hydrogen-bond donors (Lipinski definition) is 0. The van der Waals surface area contributed by atoms with Crippen molar-refractivity contribution in [2.45, 2.75) is 284 Å². The molecule has 0 saturated heterocycles. The van der Waals surface area contributed by atoms with Crippen molar-refractivity contribution >= 4 is 17.9 Å². The number of unbranched alkanes of at least 4 members (excludes halogenated alkanes) is 22. The molecule has 0 radical (unpaired) electrons. The van der Waals surface area contributed by atoms with Crippen LogP contribution in [0.3, 0.4) is 0 Å². The molecule has 0 bridgehead atoms. The van der Waals surface area contributed by atoms with Crippen LogP contribution >= 0.6 is 0 Å². The number of hydrogen-bond acceptors (Lipinski definition) is 6. The van der Waals surface area contributed by atoms with E-state index in [4.69, 9.17) is 14.2 Å². The van der Waals surface area contributed by atoms with E-state index in [2.05, 4.69) is 167 Å². The van der Waals surface area contributed by atoms with Crippen LogP contribution in [0.15, 0.2) is 146 Å². The lowest BCUT2D eigenvalue weighted by Crippen LogP contribution is -2.30. The Morgan fingerprint density at radius 2 is 0.456 bits per heavy atom. The first-order chi connectivity index (χ1) is 39.0. The van der Waals surface area contributed by atoms with Crippen molar-refractivity contribution in [3.8, 4) is 0 Å². The maximum absolute atomic E-state index is 12.9. The van der Waals surface area contributed by atoms with Crippen molar-refractivity contribution in [1.29, 1.82) is 0 Å². The maximum Gasteiger partial charge on any atom is 0.306 e. The SMILES string of the molecule is CC/C=C\C/C=C\C/C=C\C/C=C\CCCCCCCCCCCCC(=O)OCC(COC(=O)CCCCCC/C=C\C/C=C\C/C=C\C/C=C\CC)OC(=O)CCCCCCCCCC/C=C\C/C=C\C/C=C\C/C=C\CC. The van der Waals surface area contributed by atoms with Crippen LogP contribution in [0.1, 0.15) is 278 Å².